The van der Waals surface area contributed by atoms with Gasteiger partial charge in [0.05, 0.1) is 13.2 Å². The summed E-state index contributed by atoms with van der Waals surface area (Å²) in [6.07, 6.45) is 0. The van der Waals surface area contributed by atoms with Crippen molar-refractivity contribution in [3.63, 3.8) is 0 Å². The zero-order chi connectivity index (χ0) is 18.8. The molecule has 1 aromatic heterocycles. The van der Waals surface area contributed by atoms with Gasteiger partial charge in [-0.05, 0) is 26.0 Å². The first-order chi connectivity index (χ1) is 12.6. The summed E-state index contributed by atoms with van der Waals surface area (Å²) >= 11 is 0. The van der Waals surface area contributed by atoms with Crippen molar-refractivity contribution in [2.24, 2.45) is 12.0 Å². The van der Waals surface area contributed by atoms with Crippen molar-refractivity contribution in [1.82, 2.24) is 25.4 Å². The number of nitrogens with one attached hydrogen (secondary N) is 2. The van der Waals surface area contributed by atoms with Crippen LogP contribution in [0.25, 0.3) is 0 Å². The van der Waals surface area contributed by atoms with Crippen LogP contribution in [-0.4, -0.2) is 54.1 Å². The lowest BCUT2D eigenvalue weighted by atomic mass is 10.2. The van der Waals surface area contributed by atoms with Gasteiger partial charge in [-0.1, -0.05) is 17.7 Å². The van der Waals surface area contributed by atoms with E-state index in [4.69, 9.17) is 9.47 Å². The Hall–Kier alpha value is -1.88. The van der Waals surface area contributed by atoms with Crippen LogP contribution in [0.3, 0.4) is 0 Å². The second kappa shape index (κ2) is 12.5. The normalized spacial score (nSPS) is 11.0. The van der Waals surface area contributed by atoms with Gasteiger partial charge < -0.3 is 24.7 Å². The molecule has 0 atom stereocenters. The zero-order valence-corrected chi connectivity index (χ0v) is 18.7. The molecule has 1 heterocycles. The lowest BCUT2D eigenvalue weighted by Gasteiger charge is -2.13. The molecule has 0 unspecified atom stereocenters. The van der Waals surface area contributed by atoms with E-state index in [0.717, 1.165) is 17.4 Å². The first kappa shape index (κ1) is 23.2. The van der Waals surface area contributed by atoms with Crippen molar-refractivity contribution in [3.05, 3.63) is 41.5 Å². The van der Waals surface area contributed by atoms with Gasteiger partial charge in [0, 0.05) is 20.7 Å². The SMILES string of the molecule is COCCNC(=NCc1nnc(C)n1C)NCCOc1ccc(C)cc1.I. The highest BCUT2D eigenvalue weighted by Gasteiger charge is 2.05. The number of halogens is 1. The van der Waals surface area contributed by atoms with Gasteiger partial charge in [-0.2, -0.15) is 0 Å². The van der Waals surface area contributed by atoms with E-state index in [2.05, 4.69) is 32.7 Å². The molecule has 2 N–H and O–H groups in total. The average molecular weight is 488 g/mol. The maximum atomic E-state index is 5.73. The summed E-state index contributed by atoms with van der Waals surface area (Å²) in [5.41, 5.74) is 1.21. The van der Waals surface area contributed by atoms with E-state index in [9.17, 15) is 0 Å². The quantitative estimate of drug-likeness (QED) is 0.243. The van der Waals surface area contributed by atoms with E-state index in [-0.39, 0.29) is 24.0 Å². The van der Waals surface area contributed by atoms with Crippen LogP contribution in [0.2, 0.25) is 0 Å². The highest BCUT2D eigenvalue weighted by Crippen LogP contribution is 2.10. The standard InChI is InChI=1S/C18H28N6O2.HI/c1-14-5-7-16(8-6-14)26-12-10-20-18(19-9-11-25-4)21-13-17-23-22-15(2)24(17)3;/h5-8H,9-13H2,1-4H3,(H2,19,20,21);1H. The van der Waals surface area contributed by atoms with Crippen LogP contribution in [-0.2, 0) is 18.3 Å². The van der Waals surface area contributed by atoms with Crippen LogP contribution in [0, 0.1) is 13.8 Å². The minimum absolute atomic E-state index is 0. The second-order valence-electron chi connectivity index (χ2n) is 5.90. The van der Waals surface area contributed by atoms with Gasteiger partial charge in [0.2, 0.25) is 0 Å². The molecule has 0 aliphatic rings. The Morgan fingerprint density at radius 2 is 1.74 bits per heavy atom. The van der Waals surface area contributed by atoms with Crippen LogP contribution in [0.1, 0.15) is 17.2 Å². The molecule has 27 heavy (non-hydrogen) atoms. The summed E-state index contributed by atoms with van der Waals surface area (Å²) in [6.45, 7) is 6.85. The van der Waals surface area contributed by atoms with Crippen molar-refractivity contribution >= 4 is 29.9 Å². The molecule has 0 amide bonds. The number of rotatable bonds is 9. The van der Waals surface area contributed by atoms with E-state index in [1.807, 2.05) is 42.8 Å². The Morgan fingerprint density at radius 1 is 1.07 bits per heavy atom. The summed E-state index contributed by atoms with van der Waals surface area (Å²) in [5.74, 6) is 3.22. The van der Waals surface area contributed by atoms with Gasteiger partial charge in [-0.3, -0.25) is 0 Å². The number of hydrogen-bond acceptors (Lipinski definition) is 5. The Morgan fingerprint density at radius 3 is 2.33 bits per heavy atom. The van der Waals surface area contributed by atoms with E-state index in [1.54, 1.807) is 7.11 Å². The number of ether oxygens (including phenoxy) is 2. The molecule has 0 aliphatic carbocycles. The van der Waals surface area contributed by atoms with Crippen LogP contribution in [0.4, 0.5) is 0 Å². The maximum Gasteiger partial charge on any atom is 0.191 e. The van der Waals surface area contributed by atoms with Crippen LogP contribution in [0.15, 0.2) is 29.3 Å². The molecule has 150 valence electrons. The summed E-state index contributed by atoms with van der Waals surface area (Å²) in [7, 11) is 3.60. The third-order valence-corrected chi connectivity index (χ3v) is 3.84. The molecule has 2 rings (SSSR count). The Bertz CT molecular complexity index is 702. The number of nitrogens with zero attached hydrogens (tertiary/aromatic N) is 4. The number of methoxy groups -OCH3 is 1. The predicted molar refractivity (Wildman–Crippen MR) is 117 cm³/mol. The molecule has 1 aromatic carbocycles. The van der Waals surface area contributed by atoms with Gasteiger partial charge >= 0.3 is 0 Å². The number of guanidine groups is 1. The molecule has 0 saturated carbocycles. The second-order valence-corrected chi connectivity index (χ2v) is 5.90. The van der Waals surface area contributed by atoms with Gasteiger partial charge in [-0.25, -0.2) is 4.99 Å². The smallest absolute Gasteiger partial charge is 0.191 e. The highest BCUT2D eigenvalue weighted by atomic mass is 127. The Labute approximate surface area is 177 Å². The minimum Gasteiger partial charge on any atom is -0.492 e. The third-order valence-electron chi connectivity index (χ3n) is 3.84. The maximum absolute atomic E-state index is 5.73. The fraction of sp³-hybridized carbons (Fsp3) is 0.500. The molecule has 0 spiro atoms. The Balaban J connectivity index is 0.00000364. The van der Waals surface area contributed by atoms with Gasteiger partial charge in [-0.15, -0.1) is 34.2 Å². The molecule has 2 aromatic rings. The number of aryl methyl sites for hydroxylation is 2. The van der Waals surface area contributed by atoms with Crippen molar-refractivity contribution in [2.75, 3.05) is 33.4 Å². The van der Waals surface area contributed by atoms with Crippen molar-refractivity contribution in [2.45, 2.75) is 20.4 Å². The first-order valence-corrected chi connectivity index (χ1v) is 8.65. The summed E-state index contributed by atoms with van der Waals surface area (Å²) in [5, 5.41) is 14.7. The van der Waals surface area contributed by atoms with Gasteiger partial charge in [0.1, 0.15) is 24.7 Å². The topological polar surface area (TPSA) is 85.6 Å². The molecule has 9 heteroatoms. The van der Waals surface area contributed by atoms with Crippen molar-refractivity contribution in [1.29, 1.82) is 0 Å². The lowest BCUT2D eigenvalue weighted by Crippen LogP contribution is -2.40. The fourth-order valence-corrected chi connectivity index (χ4v) is 2.16. The fourth-order valence-electron chi connectivity index (χ4n) is 2.16. The van der Waals surface area contributed by atoms with Crippen molar-refractivity contribution < 1.29 is 9.47 Å². The minimum atomic E-state index is 0. The van der Waals surface area contributed by atoms with E-state index >= 15 is 0 Å². The van der Waals surface area contributed by atoms with Crippen LogP contribution >= 0.6 is 24.0 Å². The zero-order valence-electron chi connectivity index (χ0n) is 16.4. The monoisotopic (exact) mass is 488 g/mol. The number of hydrogen-bond donors (Lipinski definition) is 2. The van der Waals surface area contributed by atoms with Crippen molar-refractivity contribution in [3.8, 4) is 5.75 Å². The Kier molecular flexibility index (Phi) is 10.7. The molecule has 0 saturated heterocycles. The number of aromatic nitrogens is 3. The molecular formula is C18H29IN6O2. The summed E-state index contributed by atoms with van der Waals surface area (Å²) in [4.78, 5) is 4.56. The molecular weight excluding hydrogens is 459 g/mol. The lowest BCUT2D eigenvalue weighted by molar-refractivity contribution is 0.203. The van der Waals surface area contributed by atoms with Crippen LogP contribution in [0.5, 0.6) is 5.75 Å². The molecule has 0 bridgehead atoms. The van der Waals surface area contributed by atoms with E-state index < -0.39 is 0 Å². The highest BCUT2D eigenvalue weighted by molar-refractivity contribution is 14.0. The third kappa shape index (κ3) is 8.12. The summed E-state index contributed by atoms with van der Waals surface area (Å²) in [6, 6.07) is 8.00. The van der Waals surface area contributed by atoms with Gasteiger partial charge in [0.25, 0.3) is 0 Å². The average Bonchev–Trinajstić information content (AvgIpc) is 2.96. The van der Waals surface area contributed by atoms with Crippen LogP contribution < -0.4 is 15.4 Å². The predicted octanol–water partition coefficient (Wildman–Crippen LogP) is 1.81. The summed E-state index contributed by atoms with van der Waals surface area (Å²) < 4.78 is 12.7. The van der Waals surface area contributed by atoms with E-state index in [0.29, 0.717) is 38.8 Å². The van der Waals surface area contributed by atoms with Gasteiger partial charge in [0.15, 0.2) is 11.8 Å². The number of benzene rings is 1. The molecule has 0 radical (unpaired) electrons. The number of aliphatic imine (C=N–C) groups is 1. The first-order valence-electron chi connectivity index (χ1n) is 8.65. The molecule has 0 fully saturated rings. The molecule has 8 nitrogen and oxygen atoms in total. The van der Waals surface area contributed by atoms with E-state index in [1.165, 1.54) is 5.56 Å². The molecule has 0 aliphatic heterocycles. The largest absolute Gasteiger partial charge is 0.492 e.